The maximum absolute atomic E-state index is 2.67. The van der Waals surface area contributed by atoms with Crippen molar-refractivity contribution in [3.63, 3.8) is 0 Å². The molecule has 2 aliphatic rings. The van der Waals surface area contributed by atoms with E-state index in [2.05, 4.69) is 41.1 Å². The molecule has 1 aromatic rings. The number of hydrogen-bond donors (Lipinski definition) is 0. The molecule has 0 amide bonds. The number of rotatable bonds is 3. The fourth-order valence-corrected chi connectivity index (χ4v) is 3.80. The lowest BCUT2D eigenvalue weighted by Crippen LogP contribution is -2.39. The topological polar surface area (TPSA) is 6.48 Å². The van der Waals surface area contributed by atoms with Gasteiger partial charge in [-0.3, -0.25) is 4.90 Å². The molecular weight excluding hydrogens is 244 g/mol. The standard InChI is InChI=1S/C18H28N2/c1-19-12-5-4-10-18(19)11-14-20-13-6-9-16-7-2-3-8-17(16)15-20/h2-3,7-8,18H,4-6,9-15H2,1H3. The van der Waals surface area contributed by atoms with E-state index in [1.807, 2.05) is 0 Å². The third-order valence-corrected chi connectivity index (χ3v) is 5.13. The Balaban J connectivity index is 1.55. The van der Waals surface area contributed by atoms with E-state index in [0.717, 1.165) is 12.6 Å². The van der Waals surface area contributed by atoms with Crippen LogP contribution in [0.5, 0.6) is 0 Å². The summed E-state index contributed by atoms with van der Waals surface area (Å²) in [5.41, 5.74) is 3.13. The Bertz CT molecular complexity index is 429. The van der Waals surface area contributed by atoms with Crippen molar-refractivity contribution >= 4 is 0 Å². The minimum atomic E-state index is 0.822. The van der Waals surface area contributed by atoms with Gasteiger partial charge in [0, 0.05) is 12.6 Å². The highest BCUT2D eigenvalue weighted by Gasteiger charge is 2.20. The molecule has 0 radical (unpaired) electrons. The average molecular weight is 272 g/mol. The number of benzene rings is 1. The maximum Gasteiger partial charge on any atom is 0.0236 e. The smallest absolute Gasteiger partial charge is 0.0236 e. The third-order valence-electron chi connectivity index (χ3n) is 5.13. The van der Waals surface area contributed by atoms with Gasteiger partial charge in [-0.1, -0.05) is 30.7 Å². The molecule has 20 heavy (non-hydrogen) atoms. The van der Waals surface area contributed by atoms with Crippen molar-refractivity contribution in [2.75, 3.05) is 26.7 Å². The largest absolute Gasteiger partial charge is 0.303 e. The summed E-state index contributed by atoms with van der Waals surface area (Å²) in [6.45, 7) is 4.99. The molecule has 2 nitrogen and oxygen atoms in total. The first-order chi connectivity index (χ1) is 9.83. The van der Waals surface area contributed by atoms with Gasteiger partial charge < -0.3 is 4.90 Å². The number of hydrogen-bond acceptors (Lipinski definition) is 2. The Morgan fingerprint density at radius 1 is 1.05 bits per heavy atom. The number of aryl methyl sites for hydroxylation is 1. The van der Waals surface area contributed by atoms with E-state index in [-0.39, 0.29) is 0 Å². The van der Waals surface area contributed by atoms with Crippen LogP contribution in [0.15, 0.2) is 24.3 Å². The zero-order valence-electron chi connectivity index (χ0n) is 12.9. The van der Waals surface area contributed by atoms with Crippen LogP contribution in [-0.4, -0.2) is 42.5 Å². The molecule has 1 atom stereocenters. The van der Waals surface area contributed by atoms with Crippen molar-refractivity contribution in [2.24, 2.45) is 0 Å². The van der Waals surface area contributed by atoms with E-state index in [0.29, 0.717) is 0 Å². The van der Waals surface area contributed by atoms with Gasteiger partial charge in [0.1, 0.15) is 0 Å². The normalized spacial score (nSPS) is 25.1. The number of likely N-dealkylation sites (tertiary alicyclic amines) is 1. The molecule has 2 heterocycles. The minimum absolute atomic E-state index is 0.822. The molecular formula is C18H28N2. The van der Waals surface area contributed by atoms with Gasteiger partial charge >= 0.3 is 0 Å². The zero-order chi connectivity index (χ0) is 13.8. The van der Waals surface area contributed by atoms with Crippen LogP contribution in [0, 0.1) is 0 Å². The van der Waals surface area contributed by atoms with Crippen LogP contribution >= 0.6 is 0 Å². The van der Waals surface area contributed by atoms with Crippen LogP contribution in [0.1, 0.15) is 43.2 Å². The number of piperidine rings is 1. The summed E-state index contributed by atoms with van der Waals surface area (Å²) in [6.07, 6.45) is 8.15. The van der Waals surface area contributed by atoms with Crippen LogP contribution in [0.4, 0.5) is 0 Å². The summed E-state index contributed by atoms with van der Waals surface area (Å²) >= 11 is 0. The van der Waals surface area contributed by atoms with Gasteiger partial charge in [0.25, 0.3) is 0 Å². The summed E-state index contributed by atoms with van der Waals surface area (Å²) in [4.78, 5) is 5.25. The van der Waals surface area contributed by atoms with Gasteiger partial charge in [0.15, 0.2) is 0 Å². The summed E-state index contributed by atoms with van der Waals surface area (Å²) in [6, 6.07) is 9.83. The molecule has 0 N–H and O–H groups in total. The highest BCUT2D eigenvalue weighted by Crippen LogP contribution is 2.21. The summed E-state index contributed by atoms with van der Waals surface area (Å²) < 4.78 is 0. The van der Waals surface area contributed by atoms with E-state index >= 15 is 0 Å². The fraction of sp³-hybridized carbons (Fsp3) is 0.667. The van der Waals surface area contributed by atoms with Gasteiger partial charge in [0.2, 0.25) is 0 Å². The first kappa shape index (κ1) is 14.1. The van der Waals surface area contributed by atoms with Crippen molar-refractivity contribution in [1.82, 2.24) is 9.80 Å². The van der Waals surface area contributed by atoms with E-state index in [1.54, 1.807) is 11.1 Å². The second-order valence-corrected chi connectivity index (χ2v) is 6.57. The van der Waals surface area contributed by atoms with Gasteiger partial charge in [-0.25, -0.2) is 0 Å². The molecule has 0 bridgehead atoms. The Morgan fingerprint density at radius 2 is 1.90 bits per heavy atom. The van der Waals surface area contributed by atoms with Crippen molar-refractivity contribution < 1.29 is 0 Å². The molecule has 2 heteroatoms. The summed E-state index contributed by atoms with van der Waals surface area (Å²) in [5, 5.41) is 0. The number of nitrogens with zero attached hydrogens (tertiary/aromatic N) is 2. The predicted molar refractivity (Wildman–Crippen MR) is 84.9 cm³/mol. The SMILES string of the molecule is CN1CCCCC1CCN1CCCc2ccccc2C1. The first-order valence-electron chi connectivity index (χ1n) is 8.32. The minimum Gasteiger partial charge on any atom is -0.303 e. The quantitative estimate of drug-likeness (QED) is 0.833. The molecule has 0 aromatic heterocycles. The Labute approximate surface area is 123 Å². The lowest BCUT2D eigenvalue weighted by Gasteiger charge is -2.34. The van der Waals surface area contributed by atoms with Crippen LogP contribution in [-0.2, 0) is 13.0 Å². The van der Waals surface area contributed by atoms with Gasteiger partial charge in [-0.2, -0.15) is 0 Å². The van der Waals surface area contributed by atoms with Gasteiger partial charge in [-0.05, 0) is 69.9 Å². The van der Waals surface area contributed by atoms with Crippen molar-refractivity contribution in [2.45, 2.75) is 51.1 Å². The highest BCUT2D eigenvalue weighted by molar-refractivity contribution is 5.27. The molecule has 0 saturated carbocycles. The Morgan fingerprint density at radius 3 is 2.75 bits per heavy atom. The van der Waals surface area contributed by atoms with Gasteiger partial charge in [0.05, 0.1) is 0 Å². The van der Waals surface area contributed by atoms with E-state index in [4.69, 9.17) is 0 Å². The second kappa shape index (κ2) is 6.73. The van der Waals surface area contributed by atoms with Crippen LogP contribution < -0.4 is 0 Å². The third kappa shape index (κ3) is 3.42. The Kier molecular flexibility index (Phi) is 4.74. The van der Waals surface area contributed by atoms with Crippen molar-refractivity contribution in [3.8, 4) is 0 Å². The van der Waals surface area contributed by atoms with Crippen LogP contribution in [0.3, 0.4) is 0 Å². The molecule has 1 unspecified atom stereocenters. The lowest BCUT2D eigenvalue weighted by atomic mass is 10.00. The van der Waals surface area contributed by atoms with E-state index in [9.17, 15) is 0 Å². The van der Waals surface area contributed by atoms with E-state index in [1.165, 1.54) is 58.2 Å². The summed E-state index contributed by atoms with van der Waals surface area (Å²) in [7, 11) is 2.31. The predicted octanol–water partition coefficient (Wildman–Crippen LogP) is 3.31. The highest BCUT2D eigenvalue weighted by atomic mass is 15.2. The summed E-state index contributed by atoms with van der Waals surface area (Å²) in [5.74, 6) is 0. The van der Waals surface area contributed by atoms with Crippen LogP contribution in [0.25, 0.3) is 0 Å². The van der Waals surface area contributed by atoms with Crippen molar-refractivity contribution in [3.05, 3.63) is 35.4 Å². The molecule has 1 fully saturated rings. The molecule has 3 rings (SSSR count). The monoisotopic (exact) mass is 272 g/mol. The maximum atomic E-state index is 2.67. The second-order valence-electron chi connectivity index (χ2n) is 6.57. The average Bonchev–Trinajstić information content (AvgIpc) is 2.68. The van der Waals surface area contributed by atoms with Crippen LogP contribution in [0.2, 0.25) is 0 Å². The molecule has 0 spiro atoms. The fourth-order valence-electron chi connectivity index (χ4n) is 3.80. The zero-order valence-corrected chi connectivity index (χ0v) is 12.9. The molecule has 2 aliphatic heterocycles. The number of fused-ring (bicyclic) bond motifs is 1. The van der Waals surface area contributed by atoms with Crippen molar-refractivity contribution in [1.29, 1.82) is 0 Å². The molecule has 0 aliphatic carbocycles. The molecule has 1 aromatic carbocycles. The lowest BCUT2D eigenvalue weighted by molar-refractivity contribution is 0.152. The first-order valence-corrected chi connectivity index (χ1v) is 8.32. The molecule has 1 saturated heterocycles. The Hall–Kier alpha value is -0.860. The van der Waals surface area contributed by atoms with E-state index < -0.39 is 0 Å². The molecule has 110 valence electrons. The van der Waals surface area contributed by atoms with Gasteiger partial charge in [-0.15, -0.1) is 0 Å².